The highest BCUT2D eigenvalue weighted by Crippen LogP contribution is 2.21. The van der Waals surface area contributed by atoms with Crippen molar-refractivity contribution in [3.63, 3.8) is 0 Å². The fourth-order valence-corrected chi connectivity index (χ4v) is 4.86. The Morgan fingerprint density at radius 1 is 0.921 bits per heavy atom. The van der Waals surface area contributed by atoms with Crippen molar-refractivity contribution in [3.8, 4) is 0 Å². The molecule has 38 heavy (non-hydrogen) atoms. The van der Waals surface area contributed by atoms with E-state index in [1.165, 1.54) is 23.1 Å². The molecule has 0 aliphatic rings. The predicted molar refractivity (Wildman–Crippen MR) is 147 cm³/mol. The Kier molecular flexibility index (Phi) is 10.0. The van der Waals surface area contributed by atoms with E-state index in [9.17, 15) is 22.4 Å². The van der Waals surface area contributed by atoms with Gasteiger partial charge in [-0.1, -0.05) is 73.7 Å². The number of nitrogens with one attached hydrogen (secondary N) is 1. The fraction of sp³-hybridized carbons (Fsp3) is 0.310. The van der Waals surface area contributed by atoms with Crippen LogP contribution < -0.4 is 9.62 Å². The van der Waals surface area contributed by atoms with E-state index in [2.05, 4.69) is 5.32 Å². The predicted octanol–water partition coefficient (Wildman–Crippen LogP) is 4.15. The van der Waals surface area contributed by atoms with Crippen LogP contribution in [0.25, 0.3) is 0 Å². The molecule has 0 saturated carbocycles. The lowest BCUT2D eigenvalue weighted by atomic mass is 10.0. The second kappa shape index (κ2) is 13.2. The van der Waals surface area contributed by atoms with Crippen molar-refractivity contribution in [1.29, 1.82) is 0 Å². The highest BCUT2D eigenvalue weighted by atomic mass is 32.2. The molecule has 0 heterocycles. The summed E-state index contributed by atoms with van der Waals surface area (Å²) in [5.41, 5.74) is 1.67. The molecule has 0 radical (unpaired) electrons. The van der Waals surface area contributed by atoms with Crippen molar-refractivity contribution in [2.75, 3.05) is 17.1 Å². The van der Waals surface area contributed by atoms with Gasteiger partial charge in [0.1, 0.15) is 18.4 Å². The summed E-state index contributed by atoms with van der Waals surface area (Å²) in [7, 11) is -3.95. The summed E-state index contributed by atoms with van der Waals surface area (Å²) in [4.78, 5) is 28.9. The molecule has 0 saturated heterocycles. The van der Waals surface area contributed by atoms with Crippen molar-refractivity contribution in [2.45, 2.75) is 45.3 Å². The van der Waals surface area contributed by atoms with Crippen molar-refractivity contribution in [1.82, 2.24) is 10.2 Å². The Balaban J connectivity index is 2.04. The van der Waals surface area contributed by atoms with Crippen LogP contribution in [0.1, 0.15) is 31.4 Å². The largest absolute Gasteiger partial charge is 0.352 e. The molecule has 0 aromatic heterocycles. The van der Waals surface area contributed by atoms with E-state index in [0.29, 0.717) is 6.42 Å². The molecule has 0 unspecified atom stereocenters. The minimum atomic E-state index is -3.95. The molecule has 3 aromatic rings. The Morgan fingerprint density at radius 3 is 2.08 bits per heavy atom. The highest BCUT2D eigenvalue weighted by molar-refractivity contribution is 7.92. The molecule has 0 aliphatic heterocycles. The number of nitrogens with zero attached hydrogens (tertiary/aromatic N) is 2. The molecule has 1 N–H and O–H groups in total. The Bertz CT molecular complexity index is 1320. The molecule has 2 atom stereocenters. The second-order valence-electron chi connectivity index (χ2n) is 9.28. The molecule has 3 aromatic carbocycles. The van der Waals surface area contributed by atoms with Crippen LogP contribution in [0.2, 0.25) is 0 Å². The van der Waals surface area contributed by atoms with Gasteiger partial charge in [-0.05, 0) is 42.7 Å². The third-order valence-electron chi connectivity index (χ3n) is 6.24. The zero-order valence-electron chi connectivity index (χ0n) is 21.9. The van der Waals surface area contributed by atoms with Crippen LogP contribution in [0.15, 0.2) is 84.9 Å². The first-order chi connectivity index (χ1) is 18.1. The molecule has 0 bridgehead atoms. The van der Waals surface area contributed by atoms with Gasteiger partial charge < -0.3 is 10.2 Å². The zero-order chi connectivity index (χ0) is 27.7. The summed E-state index contributed by atoms with van der Waals surface area (Å²) in [5.74, 6) is -1.53. The van der Waals surface area contributed by atoms with E-state index >= 15 is 0 Å². The van der Waals surface area contributed by atoms with Gasteiger partial charge in [0.15, 0.2) is 0 Å². The van der Waals surface area contributed by atoms with Crippen LogP contribution in [0.3, 0.4) is 0 Å². The minimum absolute atomic E-state index is 0.0316. The van der Waals surface area contributed by atoms with E-state index in [0.717, 1.165) is 27.8 Å². The number of hydrogen-bond donors (Lipinski definition) is 1. The van der Waals surface area contributed by atoms with Gasteiger partial charge >= 0.3 is 0 Å². The standard InChI is InChI=1S/C29H34FN3O4S/c1-4-22(2)31-29(35)27(18-23-12-7-5-8-13-23)32(20-24-14-9-6-10-15-24)28(34)21-33(38(3,36)37)26-17-11-16-25(30)19-26/h5-17,19,22,27H,4,18,20-21H2,1-3H3,(H,31,35)/t22-,27+/m1/s1. The lowest BCUT2D eigenvalue weighted by Gasteiger charge is -2.34. The average Bonchev–Trinajstić information content (AvgIpc) is 2.89. The Morgan fingerprint density at radius 2 is 1.53 bits per heavy atom. The van der Waals surface area contributed by atoms with Gasteiger partial charge in [-0.25, -0.2) is 12.8 Å². The van der Waals surface area contributed by atoms with Gasteiger partial charge in [0.25, 0.3) is 0 Å². The van der Waals surface area contributed by atoms with Gasteiger partial charge in [0.2, 0.25) is 21.8 Å². The summed E-state index contributed by atoms with van der Waals surface area (Å²) in [6, 6.07) is 22.6. The SMILES string of the molecule is CC[C@@H](C)NC(=O)[C@H](Cc1ccccc1)N(Cc1ccccc1)C(=O)CN(c1cccc(F)c1)S(C)(=O)=O. The van der Waals surface area contributed by atoms with Crippen molar-refractivity contribution < 1.29 is 22.4 Å². The number of sulfonamides is 1. The average molecular weight is 540 g/mol. The zero-order valence-corrected chi connectivity index (χ0v) is 22.7. The van der Waals surface area contributed by atoms with Crippen LogP contribution in [0, 0.1) is 5.82 Å². The molecule has 202 valence electrons. The van der Waals surface area contributed by atoms with Gasteiger partial charge in [0.05, 0.1) is 11.9 Å². The molecule has 0 spiro atoms. The van der Waals surface area contributed by atoms with Gasteiger partial charge in [-0.3, -0.25) is 13.9 Å². The molecular weight excluding hydrogens is 505 g/mol. The van der Waals surface area contributed by atoms with Gasteiger partial charge in [0, 0.05) is 19.0 Å². The first kappa shape index (κ1) is 28.8. The first-order valence-electron chi connectivity index (χ1n) is 12.5. The quantitative estimate of drug-likeness (QED) is 0.375. The van der Waals surface area contributed by atoms with Crippen molar-refractivity contribution >= 4 is 27.5 Å². The van der Waals surface area contributed by atoms with Gasteiger partial charge in [-0.2, -0.15) is 0 Å². The van der Waals surface area contributed by atoms with E-state index in [4.69, 9.17) is 0 Å². The maximum absolute atomic E-state index is 14.0. The molecule has 0 aliphatic carbocycles. The summed E-state index contributed by atoms with van der Waals surface area (Å²) < 4.78 is 40.2. The Labute approximate surface area is 224 Å². The number of rotatable bonds is 12. The molecule has 2 amide bonds. The van der Waals surface area contributed by atoms with E-state index < -0.39 is 34.3 Å². The van der Waals surface area contributed by atoms with Gasteiger partial charge in [-0.15, -0.1) is 0 Å². The Hall–Kier alpha value is -3.72. The maximum Gasteiger partial charge on any atom is 0.244 e. The molecule has 9 heteroatoms. The molecule has 3 rings (SSSR count). The second-order valence-corrected chi connectivity index (χ2v) is 11.2. The number of anilines is 1. The molecule has 7 nitrogen and oxygen atoms in total. The van der Waals surface area contributed by atoms with Crippen LogP contribution in [0.4, 0.5) is 10.1 Å². The van der Waals surface area contributed by atoms with Crippen molar-refractivity contribution in [2.24, 2.45) is 0 Å². The molecule has 0 fully saturated rings. The number of amides is 2. The third-order valence-corrected chi connectivity index (χ3v) is 7.38. The maximum atomic E-state index is 14.0. The van der Waals surface area contributed by atoms with E-state index in [1.807, 2.05) is 74.5 Å². The lowest BCUT2D eigenvalue weighted by Crippen LogP contribution is -2.54. The third kappa shape index (κ3) is 8.14. The van der Waals surface area contributed by atoms with Crippen LogP contribution in [-0.2, 0) is 32.6 Å². The monoisotopic (exact) mass is 539 g/mol. The number of hydrogen-bond acceptors (Lipinski definition) is 4. The first-order valence-corrected chi connectivity index (χ1v) is 14.3. The van der Waals surface area contributed by atoms with Crippen LogP contribution in [-0.4, -0.2) is 50.0 Å². The molecular formula is C29H34FN3O4S. The minimum Gasteiger partial charge on any atom is -0.352 e. The summed E-state index contributed by atoms with van der Waals surface area (Å²) in [5, 5.41) is 2.98. The van der Waals surface area contributed by atoms with Crippen molar-refractivity contribution in [3.05, 3.63) is 102 Å². The highest BCUT2D eigenvalue weighted by Gasteiger charge is 2.33. The topological polar surface area (TPSA) is 86.8 Å². The fourth-order valence-electron chi connectivity index (χ4n) is 4.02. The van der Waals surface area contributed by atoms with Crippen LogP contribution in [0.5, 0.6) is 0 Å². The smallest absolute Gasteiger partial charge is 0.244 e. The number of benzene rings is 3. The van der Waals surface area contributed by atoms with E-state index in [1.54, 1.807) is 0 Å². The van der Waals surface area contributed by atoms with E-state index in [-0.39, 0.29) is 30.6 Å². The normalized spacial score (nSPS) is 12.8. The number of carbonyl (C=O) groups is 2. The number of halogens is 1. The summed E-state index contributed by atoms with van der Waals surface area (Å²) in [6.07, 6.45) is 1.90. The summed E-state index contributed by atoms with van der Waals surface area (Å²) >= 11 is 0. The van der Waals surface area contributed by atoms with Crippen LogP contribution >= 0.6 is 0 Å². The summed E-state index contributed by atoms with van der Waals surface area (Å²) in [6.45, 7) is 3.34. The number of carbonyl (C=O) groups excluding carboxylic acids is 2. The lowest BCUT2D eigenvalue weighted by molar-refractivity contribution is -0.140.